The van der Waals surface area contributed by atoms with E-state index in [9.17, 15) is 9.59 Å². The monoisotopic (exact) mass is 248 g/mol. The maximum Gasteiger partial charge on any atom is 0.333 e. The molecule has 1 aromatic rings. The molecule has 2 rings (SSSR count). The number of urea groups is 1. The molecule has 2 N–H and O–H groups in total. The topological polar surface area (TPSA) is 76.7 Å². The van der Waals surface area contributed by atoms with E-state index < -0.39 is 12.0 Å². The maximum absolute atomic E-state index is 11.7. The molecule has 1 aliphatic heterocycles. The van der Waals surface area contributed by atoms with Gasteiger partial charge in [-0.1, -0.05) is 12.1 Å². The number of nitrogens with one attached hydrogen (secondary N) is 2. The van der Waals surface area contributed by atoms with Crippen LogP contribution in [-0.2, 0) is 9.53 Å². The van der Waals surface area contributed by atoms with Gasteiger partial charge in [0.1, 0.15) is 12.4 Å². The smallest absolute Gasteiger partial charge is 0.333 e. The van der Waals surface area contributed by atoms with Crippen LogP contribution >= 0.6 is 0 Å². The third-order valence-electron chi connectivity index (χ3n) is 2.29. The first-order valence-corrected chi connectivity index (χ1v) is 5.27. The van der Waals surface area contributed by atoms with E-state index in [1.807, 2.05) is 0 Å². The lowest BCUT2D eigenvalue weighted by Crippen LogP contribution is -2.28. The second-order valence-corrected chi connectivity index (χ2v) is 3.56. The van der Waals surface area contributed by atoms with Crippen molar-refractivity contribution in [3.63, 3.8) is 0 Å². The zero-order valence-corrected chi connectivity index (χ0v) is 9.73. The number of hydrogen-bond donors (Lipinski definition) is 2. The SMILES string of the molecule is COc1ccccc1NC(=O)NC1=CC(=O)OC1. The lowest BCUT2D eigenvalue weighted by Gasteiger charge is -2.10. The van der Waals surface area contributed by atoms with Crippen LogP contribution in [0.1, 0.15) is 0 Å². The minimum absolute atomic E-state index is 0.0815. The highest BCUT2D eigenvalue weighted by atomic mass is 16.5. The molecule has 0 aromatic heterocycles. The van der Waals surface area contributed by atoms with Crippen molar-refractivity contribution < 1.29 is 19.1 Å². The Morgan fingerprint density at radius 1 is 1.33 bits per heavy atom. The molecule has 0 bridgehead atoms. The van der Waals surface area contributed by atoms with Crippen LogP contribution in [0, 0.1) is 0 Å². The Morgan fingerprint density at radius 3 is 2.78 bits per heavy atom. The zero-order chi connectivity index (χ0) is 13.0. The van der Waals surface area contributed by atoms with Gasteiger partial charge in [0.2, 0.25) is 0 Å². The average molecular weight is 248 g/mol. The minimum atomic E-state index is -0.456. The van der Waals surface area contributed by atoms with Gasteiger partial charge in [0.15, 0.2) is 0 Å². The van der Waals surface area contributed by atoms with Crippen molar-refractivity contribution in [1.29, 1.82) is 0 Å². The Morgan fingerprint density at radius 2 is 2.11 bits per heavy atom. The Hall–Kier alpha value is -2.50. The standard InChI is InChI=1S/C12H12N2O4/c1-17-10-5-3-2-4-9(10)14-12(16)13-8-6-11(15)18-7-8/h2-6H,7H2,1H3,(H2,13,14,16). The number of amides is 2. The molecule has 0 radical (unpaired) electrons. The van der Waals surface area contributed by atoms with Crippen LogP contribution in [-0.4, -0.2) is 25.7 Å². The number of rotatable bonds is 3. The van der Waals surface area contributed by atoms with Crippen molar-refractivity contribution in [3.05, 3.63) is 36.0 Å². The van der Waals surface area contributed by atoms with Crippen LogP contribution in [0.25, 0.3) is 0 Å². The summed E-state index contributed by atoms with van der Waals surface area (Å²) in [5.41, 5.74) is 0.968. The summed E-state index contributed by atoms with van der Waals surface area (Å²) in [6.07, 6.45) is 1.24. The van der Waals surface area contributed by atoms with Crippen LogP contribution in [0.2, 0.25) is 0 Å². The van der Waals surface area contributed by atoms with Gasteiger partial charge < -0.3 is 20.1 Å². The molecule has 1 heterocycles. The summed E-state index contributed by atoms with van der Waals surface area (Å²) in [4.78, 5) is 22.5. The predicted molar refractivity (Wildman–Crippen MR) is 64.2 cm³/mol. The number of ether oxygens (including phenoxy) is 2. The number of benzene rings is 1. The Bertz CT molecular complexity index is 511. The van der Waals surface area contributed by atoms with E-state index in [4.69, 9.17) is 4.74 Å². The zero-order valence-electron chi connectivity index (χ0n) is 9.73. The molecule has 2 amide bonds. The summed E-state index contributed by atoms with van der Waals surface area (Å²) < 4.78 is 9.76. The van der Waals surface area contributed by atoms with E-state index in [1.165, 1.54) is 13.2 Å². The number of methoxy groups -OCH3 is 1. The van der Waals surface area contributed by atoms with Crippen molar-refractivity contribution in [3.8, 4) is 5.75 Å². The minimum Gasteiger partial charge on any atom is -0.495 e. The lowest BCUT2D eigenvalue weighted by molar-refractivity contribution is -0.134. The normalized spacial score (nSPS) is 13.6. The van der Waals surface area contributed by atoms with Gasteiger partial charge in [-0.2, -0.15) is 0 Å². The fourth-order valence-electron chi connectivity index (χ4n) is 1.49. The molecule has 1 aliphatic rings. The van der Waals surface area contributed by atoms with E-state index in [-0.39, 0.29) is 6.61 Å². The first-order chi connectivity index (χ1) is 8.69. The quantitative estimate of drug-likeness (QED) is 0.789. The fraction of sp³-hybridized carbons (Fsp3) is 0.167. The van der Waals surface area contributed by atoms with Crippen LogP contribution < -0.4 is 15.4 Å². The molecule has 6 nitrogen and oxygen atoms in total. The Balaban J connectivity index is 1.99. The van der Waals surface area contributed by atoms with E-state index in [2.05, 4.69) is 15.4 Å². The molecule has 1 aromatic carbocycles. The van der Waals surface area contributed by atoms with Gasteiger partial charge in [-0.15, -0.1) is 0 Å². The summed E-state index contributed by atoms with van der Waals surface area (Å²) in [5.74, 6) is 0.1000. The number of anilines is 1. The van der Waals surface area contributed by atoms with Crippen molar-refractivity contribution >= 4 is 17.7 Å². The van der Waals surface area contributed by atoms with E-state index in [0.29, 0.717) is 17.1 Å². The van der Waals surface area contributed by atoms with Gasteiger partial charge in [-0.3, -0.25) is 0 Å². The molecule has 0 aliphatic carbocycles. The van der Waals surface area contributed by atoms with Crippen molar-refractivity contribution in [2.45, 2.75) is 0 Å². The highest BCUT2D eigenvalue weighted by Gasteiger charge is 2.15. The summed E-state index contributed by atoms with van der Waals surface area (Å²) >= 11 is 0. The number of hydrogen-bond acceptors (Lipinski definition) is 4. The van der Waals surface area contributed by atoms with Crippen molar-refractivity contribution in [2.75, 3.05) is 19.0 Å². The molecular formula is C12H12N2O4. The number of carbonyl (C=O) groups is 2. The lowest BCUT2D eigenvalue weighted by atomic mass is 10.3. The van der Waals surface area contributed by atoms with Gasteiger partial charge in [-0.25, -0.2) is 9.59 Å². The third-order valence-corrected chi connectivity index (χ3v) is 2.29. The summed E-state index contributed by atoms with van der Waals surface area (Å²) in [6.45, 7) is 0.0815. The van der Waals surface area contributed by atoms with E-state index in [0.717, 1.165) is 0 Å². The predicted octanol–water partition coefficient (Wildman–Crippen LogP) is 1.26. The van der Waals surface area contributed by atoms with Crippen molar-refractivity contribution in [2.24, 2.45) is 0 Å². The first-order valence-electron chi connectivity index (χ1n) is 5.27. The van der Waals surface area contributed by atoms with Crippen molar-refractivity contribution in [1.82, 2.24) is 5.32 Å². The van der Waals surface area contributed by atoms with Gasteiger partial charge in [-0.05, 0) is 12.1 Å². The molecule has 0 saturated heterocycles. The van der Waals surface area contributed by atoms with Gasteiger partial charge in [0, 0.05) is 6.08 Å². The number of carbonyl (C=O) groups excluding carboxylic acids is 2. The largest absolute Gasteiger partial charge is 0.495 e. The molecular weight excluding hydrogens is 236 g/mol. The molecule has 0 unspecified atom stereocenters. The highest BCUT2D eigenvalue weighted by Crippen LogP contribution is 2.22. The molecule has 94 valence electrons. The molecule has 0 atom stereocenters. The Labute approximate surface area is 104 Å². The van der Waals surface area contributed by atoms with E-state index in [1.54, 1.807) is 24.3 Å². The summed E-state index contributed by atoms with van der Waals surface area (Å²) in [6, 6.07) is 6.57. The average Bonchev–Trinajstić information content (AvgIpc) is 2.75. The fourth-order valence-corrected chi connectivity index (χ4v) is 1.49. The second-order valence-electron chi connectivity index (χ2n) is 3.56. The molecule has 0 saturated carbocycles. The molecule has 18 heavy (non-hydrogen) atoms. The first kappa shape index (κ1) is 12.0. The third kappa shape index (κ3) is 2.79. The summed E-state index contributed by atoms with van der Waals surface area (Å²) in [5, 5.41) is 5.14. The van der Waals surface area contributed by atoms with Gasteiger partial charge in [0.25, 0.3) is 0 Å². The second kappa shape index (κ2) is 5.22. The Kier molecular flexibility index (Phi) is 3.47. The number of esters is 1. The summed E-state index contributed by atoms with van der Waals surface area (Å²) in [7, 11) is 1.52. The van der Waals surface area contributed by atoms with Crippen LogP contribution in [0.4, 0.5) is 10.5 Å². The van der Waals surface area contributed by atoms with Gasteiger partial charge in [0.05, 0.1) is 18.5 Å². The number of cyclic esters (lactones) is 1. The van der Waals surface area contributed by atoms with Crippen LogP contribution in [0.5, 0.6) is 5.75 Å². The van der Waals surface area contributed by atoms with Crippen LogP contribution in [0.3, 0.4) is 0 Å². The molecule has 0 fully saturated rings. The van der Waals surface area contributed by atoms with Gasteiger partial charge >= 0.3 is 12.0 Å². The highest BCUT2D eigenvalue weighted by molar-refractivity contribution is 5.93. The molecule has 6 heteroatoms. The maximum atomic E-state index is 11.7. The number of para-hydroxylation sites is 2. The molecule has 0 spiro atoms. The van der Waals surface area contributed by atoms with Crippen LogP contribution in [0.15, 0.2) is 36.0 Å². The van der Waals surface area contributed by atoms with E-state index >= 15 is 0 Å².